The van der Waals surface area contributed by atoms with Crippen molar-refractivity contribution in [3.05, 3.63) is 245 Å². The number of para-hydroxylation sites is 1. The standard InChI is InChI=1S/C69H62N2O/c1-66(2,3)44-28-34-49(35-29-44)70-50-36-41-55-57(42-50)53-24-16-17-25-54(53)62-63-58(69(64(55)62,47-20-12-10-13-21-47)48-22-14-11-15-23-48)43-59(61-56-26-18-19-27-60(56)72-65(61)63)71(51-37-30-45(31-38-51)67(4,5)6)52-39-32-46(33-40-52)68(7,8)9/h10-43,70H,1-9H3. The molecule has 0 atom stereocenters. The van der Waals surface area contributed by atoms with E-state index < -0.39 is 5.41 Å². The molecule has 0 bridgehead atoms. The fraction of sp³-hybridized carbons (Fsp3) is 0.188. The van der Waals surface area contributed by atoms with E-state index in [4.69, 9.17) is 4.42 Å². The molecule has 1 aromatic heterocycles. The first-order chi connectivity index (χ1) is 34.6. The SMILES string of the molecule is CC(C)(C)c1ccc(Nc2ccc3c4c(c5ccccc5c3c2)-c2c(cc(N(c3ccc(C(C)(C)C)cc3)c3ccc(C(C)(C)C)cc3)c3c2oc2ccccc23)C4(c2ccccc2)c2ccccc2)cc1. The fourth-order valence-electron chi connectivity index (χ4n) is 11.7. The van der Waals surface area contributed by atoms with Crippen molar-refractivity contribution in [2.45, 2.75) is 84.0 Å². The molecule has 0 unspecified atom stereocenters. The molecular formula is C69H62N2O. The topological polar surface area (TPSA) is 28.4 Å². The predicted octanol–water partition coefficient (Wildman–Crippen LogP) is 19.4. The number of hydrogen-bond acceptors (Lipinski definition) is 3. The van der Waals surface area contributed by atoms with Crippen LogP contribution in [0.4, 0.5) is 28.4 Å². The van der Waals surface area contributed by atoms with Gasteiger partial charge in [-0.15, -0.1) is 0 Å². The van der Waals surface area contributed by atoms with Crippen molar-refractivity contribution in [3.8, 4) is 11.1 Å². The van der Waals surface area contributed by atoms with Crippen molar-refractivity contribution >= 4 is 71.9 Å². The molecule has 12 rings (SSSR count). The molecule has 0 amide bonds. The Balaban J connectivity index is 1.22. The average molecular weight is 935 g/mol. The summed E-state index contributed by atoms with van der Waals surface area (Å²) in [6.45, 7) is 20.5. The van der Waals surface area contributed by atoms with Gasteiger partial charge in [-0.05, 0) is 143 Å². The summed E-state index contributed by atoms with van der Waals surface area (Å²) < 4.78 is 7.45. The Hall–Kier alpha value is -7.88. The molecule has 1 aliphatic carbocycles. The molecule has 1 heterocycles. The van der Waals surface area contributed by atoms with Gasteiger partial charge in [0.05, 0.1) is 16.5 Å². The van der Waals surface area contributed by atoms with E-state index in [0.29, 0.717) is 0 Å². The molecule has 11 aromatic rings. The van der Waals surface area contributed by atoms with Crippen LogP contribution >= 0.6 is 0 Å². The molecule has 354 valence electrons. The van der Waals surface area contributed by atoms with Crippen LogP contribution in [0, 0.1) is 0 Å². The Labute approximate surface area is 424 Å². The third-order valence-electron chi connectivity index (χ3n) is 15.4. The summed E-state index contributed by atoms with van der Waals surface area (Å²) in [6, 6.07) is 76.9. The Bertz CT molecular complexity index is 3750. The molecule has 0 aliphatic heterocycles. The molecule has 0 saturated heterocycles. The Morgan fingerprint density at radius 1 is 0.403 bits per heavy atom. The Morgan fingerprint density at radius 2 is 0.875 bits per heavy atom. The third kappa shape index (κ3) is 7.23. The number of nitrogens with zero attached hydrogens (tertiary/aromatic N) is 1. The number of nitrogens with one attached hydrogen (secondary N) is 1. The summed E-state index contributed by atoms with van der Waals surface area (Å²) in [5.74, 6) is 0. The average Bonchev–Trinajstić information content (AvgIpc) is 3.92. The van der Waals surface area contributed by atoms with Crippen LogP contribution in [0.2, 0.25) is 0 Å². The molecular weight excluding hydrogens is 873 g/mol. The van der Waals surface area contributed by atoms with Crippen molar-refractivity contribution in [3.63, 3.8) is 0 Å². The van der Waals surface area contributed by atoms with Crippen molar-refractivity contribution in [1.29, 1.82) is 0 Å². The van der Waals surface area contributed by atoms with Gasteiger partial charge >= 0.3 is 0 Å². The van der Waals surface area contributed by atoms with E-state index >= 15 is 0 Å². The second-order valence-corrected chi connectivity index (χ2v) is 23.0. The van der Waals surface area contributed by atoms with Gasteiger partial charge in [0.25, 0.3) is 0 Å². The molecule has 3 nitrogen and oxygen atoms in total. The summed E-state index contributed by atoms with van der Waals surface area (Å²) in [5, 5.41) is 10.8. The van der Waals surface area contributed by atoms with Crippen LogP contribution in [0.3, 0.4) is 0 Å². The number of benzene rings is 10. The van der Waals surface area contributed by atoms with E-state index in [1.165, 1.54) is 66.1 Å². The number of hydrogen-bond donors (Lipinski definition) is 1. The monoisotopic (exact) mass is 934 g/mol. The minimum atomic E-state index is -0.771. The molecule has 10 aromatic carbocycles. The lowest BCUT2D eigenvalue weighted by Crippen LogP contribution is -2.29. The molecule has 0 saturated carbocycles. The largest absolute Gasteiger partial charge is 0.455 e. The van der Waals surface area contributed by atoms with Crippen molar-refractivity contribution in [2.24, 2.45) is 0 Å². The normalized spacial score (nSPS) is 13.5. The van der Waals surface area contributed by atoms with Gasteiger partial charge in [-0.2, -0.15) is 0 Å². The van der Waals surface area contributed by atoms with E-state index in [0.717, 1.165) is 55.9 Å². The van der Waals surface area contributed by atoms with Crippen LogP contribution in [-0.2, 0) is 21.7 Å². The fourth-order valence-corrected chi connectivity index (χ4v) is 11.7. The van der Waals surface area contributed by atoms with Crippen LogP contribution in [-0.4, -0.2) is 0 Å². The summed E-state index contributed by atoms with van der Waals surface area (Å²) in [7, 11) is 0. The molecule has 0 spiro atoms. The predicted molar refractivity (Wildman–Crippen MR) is 307 cm³/mol. The highest BCUT2D eigenvalue weighted by molar-refractivity contribution is 6.26. The van der Waals surface area contributed by atoms with E-state index in [1.807, 2.05) is 0 Å². The molecule has 1 N–H and O–H groups in total. The summed E-state index contributed by atoms with van der Waals surface area (Å²) >= 11 is 0. The Morgan fingerprint density at radius 3 is 1.42 bits per heavy atom. The van der Waals surface area contributed by atoms with E-state index in [2.05, 4.69) is 279 Å². The first-order valence-corrected chi connectivity index (χ1v) is 25.6. The van der Waals surface area contributed by atoms with Gasteiger partial charge in [0.2, 0.25) is 0 Å². The number of fused-ring (bicyclic) bond motifs is 12. The molecule has 3 heteroatoms. The molecule has 0 radical (unpaired) electrons. The second kappa shape index (κ2) is 16.6. The number of rotatable bonds is 7. The maximum atomic E-state index is 7.45. The lowest BCUT2D eigenvalue weighted by molar-refractivity contribution is 0.590. The Kier molecular flexibility index (Phi) is 10.4. The van der Waals surface area contributed by atoms with Crippen molar-refractivity contribution in [1.82, 2.24) is 0 Å². The smallest absolute Gasteiger partial charge is 0.145 e. The molecule has 0 fully saturated rings. The lowest BCUT2D eigenvalue weighted by Gasteiger charge is -2.36. The van der Waals surface area contributed by atoms with Gasteiger partial charge in [0.15, 0.2) is 0 Å². The minimum Gasteiger partial charge on any atom is -0.455 e. The zero-order valence-electron chi connectivity index (χ0n) is 43.0. The second-order valence-electron chi connectivity index (χ2n) is 23.0. The van der Waals surface area contributed by atoms with E-state index in [1.54, 1.807) is 0 Å². The van der Waals surface area contributed by atoms with Crippen LogP contribution in [0.25, 0.3) is 54.6 Å². The number of furan rings is 1. The first-order valence-electron chi connectivity index (χ1n) is 25.6. The number of anilines is 5. The van der Waals surface area contributed by atoms with Crippen LogP contribution in [0.1, 0.15) is 101 Å². The highest BCUT2D eigenvalue weighted by atomic mass is 16.3. The van der Waals surface area contributed by atoms with Crippen LogP contribution in [0.15, 0.2) is 211 Å². The highest BCUT2D eigenvalue weighted by Gasteiger charge is 2.50. The van der Waals surface area contributed by atoms with Gasteiger partial charge in [0.1, 0.15) is 11.2 Å². The van der Waals surface area contributed by atoms with Crippen LogP contribution < -0.4 is 10.2 Å². The summed E-state index contributed by atoms with van der Waals surface area (Å²) in [5.41, 5.74) is 17.5. The lowest BCUT2D eigenvalue weighted by atomic mass is 9.66. The quantitative estimate of drug-likeness (QED) is 0.161. The van der Waals surface area contributed by atoms with Gasteiger partial charge in [-0.1, -0.05) is 208 Å². The molecule has 72 heavy (non-hydrogen) atoms. The highest BCUT2D eigenvalue weighted by Crippen LogP contribution is 2.64. The van der Waals surface area contributed by atoms with E-state index in [-0.39, 0.29) is 16.2 Å². The van der Waals surface area contributed by atoms with Gasteiger partial charge in [0, 0.05) is 33.7 Å². The third-order valence-corrected chi connectivity index (χ3v) is 15.4. The van der Waals surface area contributed by atoms with Gasteiger partial charge in [-0.3, -0.25) is 0 Å². The zero-order chi connectivity index (χ0) is 49.7. The summed E-state index contributed by atoms with van der Waals surface area (Å²) in [6.07, 6.45) is 0. The maximum absolute atomic E-state index is 7.45. The molecule has 1 aliphatic rings. The zero-order valence-corrected chi connectivity index (χ0v) is 43.0. The van der Waals surface area contributed by atoms with Gasteiger partial charge < -0.3 is 14.6 Å². The van der Waals surface area contributed by atoms with Crippen molar-refractivity contribution < 1.29 is 4.42 Å². The van der Waals surface area contributed by atoms with Crippen molar-refractivity contribution in [2.75, 3.05) is 10.2 Å². The van der Waals surface area contributed by atoms with Crippen LogP contribution in [0.5, 0.6) is 0 Å². The maximum Gasteiger partial charge on any atom is 0.145 e. The minimum absolute atomic E-state index is 0.00383. The first kappa shape index (κ1) is 45.3. The van der Waals surface area contributed by atoms with Gasteiger partial charge in [-0.25, -0.2) is 0 Å². The summed E-state index contributed by atoms with van der Waals surface area (Å²) in [4.78, 5) is 2.48. The van der Waals surface area contributed by atoms with E-state index in [9.17, 15) is 0 Å².